The summed E-state index contributed by atoms with van der Waals surface area (Å²) in [5.74, 6) is 0.373. The fourth-order valence-electron chi connectivity index (χ4n) is 2.76. The number of urea groups is 1. The Morgan fingerprint density at radius 2 is 1.92 bits per heavy atom. The lowest BCUT2D eigenvalue weighted by Crippen LogP contribution is -2.45. The quantitative estimate of drug-likeness (QED) is 0.690. The first-order valence-corrected chi connectivity index (χ1v) is 8.79. The summed E-state index contributed by atoms with van der Waals surface area (Å²) in [7, 11) is 1.61. The summed E-state index contributed by atoms with van der Waals surface area (Å²) in [6.45, 7) is 5.91. The number of hydrogen-bond donors (Lipinski definition) is 2. The molecule has 2 N–H and O–H groups in total. The van der Waals surface area contributed by atoms with Crippen LogP contribution in [-0.4, -0.2) is 48.5 Å². The monoisotopic (exact) mass is 361 g/mol. The minimum atomic E-state index is -1.00. The Morgan fingerprint density at radius 3 is 2.50 bits per heavy atom. The van der Waals surface area contributed by atoms with E-state index in [1.165, 1.54) is 0 Å². The second kappa shape index (κ2) is 8.21. The predicted molar refractivity (Wildman–Crippen MR) is 97.8 cm³/mol. The van der Waals surface area contributed by atoms with Crippen molar-refractivity contribution in [3.8, 4) is 5.75 Å². The third-order valence-corrected chi connectivity index (χ3v) is 4.43. The van der Waals surface area contributed by atoms with Crippen LogP contribution >= 0.6 is 0 Å². The highest BCUT2D eigenvalue weighted by molar-refractivity contribution is 6.08. The molecule has 1 fully saturated rings. The van der Waals surface area contributed by atoms with E-state index >= 15 is 0 Å². The molecule has 0 radical (unpaired) electrons. The normalized spacial score (nSPS) is 19.7. The minimum Gasteiger partial charge on any atom is -0.497 e. The van der Waals surface area contributed by atoms with Crippen LogP contribution < -0.4 is 15.4 Å². The molecule has 4 amide bonds. The number of ether oxygens (including phenoxy) is 1. The van der Waals surface area contributed by atoms with Gasteiger partial charge >= 0.3 is 6.03 Å². The number of rotatable bonds is 8. The van der Waals surface area contributed by atoms with E-state index in [9.17, 15) is 14.4 Å². The third-order valence-electron chi connectivity index (χ3n) is 4.43. The van der Waals surface area contributed by atoms with E-state index in [2.05, 4.69) is 10.6 Å². The van der Waals surface area contributed by atoms with Crippen LogP contribution in [0, 0.1) is 5.92 Å². The highest BCUT2D eigenvalue weighted by Crippen LogP contribution is 2.24. The molecule has 1 aromatic rings. The van der Waals surface area contributed by atoms with Crippen molar-refractivity contribution in [2.75, 3.05) is 20.2 Å². The summed E-state index contributed by atoms with van der Waals surface area (Å²) < 4.78 is 5.13. The maximum atomic E-state index is 12.7. The maximum Gasteiger partial charge on any atom is 0.325 e. The van der Waals surface area contributed by atoms with Gasteiger partial charge in [-0.3, -0.25) is 14.5 Å². The first kappa shape index (κ1) is 19.8. The summed E-state index contributed by atoms with van der Waals surface area (Å²) in [5, 5.41) is 5.45. The average molecular weight is 361 g/mol. The Labute approximate surface area is 154 Å². The first-order chi connectivity index (χ1) is 12.2. The minimum absolute atomic E-state index is 0.254. The van der Waals surface area contributed by atoms with Crippen molar-refractivity contribution in [3.63, 3.8) is 0 Å². The molecule has 1 atom stereocenters. The van der Waals surface area contributed by atoms with Crippen molar-refractivity contribution < 1.29 is 19.1 Å². The van der Waals surface area contributed by atoms with Crippen LogP contribution in [0.1, 0.15) is 32.8 Å². The molecule has 142 valence electrons. The van der Waals surface area contributed by atoms with Gasteiger partial charge in [-0.2, -0.15) is 0 Å². The molecule has 26 heavy (non-hydrogen) atoms. The summed E-state index contributed by atoms with van der Waals surface area (Å²) in [6.07, 6.45) is 1.08. The molecular weight excluding hydrogens is 334 g/mol. The number of benzene rings is 1. The number of methoxy groups -OCH3 is 1. The lowest BCUT2D eigenvalue weighted by Gasteiger charge is -2.21. The molecule has 7 heteroatoms. The zero-order valence-corrected chi connectivity index (χ0v) is 15.8. The van der Waals surface area contributed by atoms with Crippen molar-refractivity contribution >= 4 is 17.8 Å². The lowest BCUT2D eigenvalue weighted by molar-refractivity contribution is -0.134. The van der Waals surface area contributed by atoms with Gasteiger partial charge in [0.05, 0.1) is 7.11 Å². The van der Waals surface area contributed by atoms with Crippen molar-refractivity contribution in [1.82, 2.24) is 15.5 Å². The van der Waals surface area contributed by atoms with E-state index in [1.54, 1.807) is 14.0 Å². The van der Waals surface area contributed by atoms with Crippen LogP contribution in [0.3, 0.4) is 0 Å². The van der Waals surface area contributed by atoms with Crippen LogP contribution in [-0.2, 0) is 16.0 Å². The van der Waals surface area contributed by atoms with Crippen LogP contribution in [0.4, 0.5) is 4.79 Å². The van der Waals surface area contributed by atoms with Crippen molar-refractivity contribution in [2.24, 2.45) is 5.92 Å². The van der Waals surface area contributed by atoms with E-state index in [0.29, 0.717) is 25.3 Å². The summed E-state index contributed by atoms with van der Waals surface area (Å²) in [6, 6.07) is 7.06. The fraction of sp³-hybridized carbons (Fsp3) is 0.526. The largest absolute Gasteiger partial charge is 0.497 e. The molecule has 2 rings (SSSR count). The molecule has 1 aliphatic rings. The van der Waals surface area contributed by atoms with E-state index in [0.717, 1.165) is 16.2 Å². The van der Waals surface area contributed by atoms with Crippen LogP contribution in [0.25, 0.3) is 0 Å². The Morgan fingerprint density at radius 1 is 1.27 bits per heavy atom. The molecule has 0 spiro atoms. The number of nitrogens with one attached hydrogen (secondary N) is 2. The Bertz CT molecular complexity index is 672. The average Bonchev–Trinajstić information content (AvgIpc) is 2.82. The first-order valence-electron chi connectivity index (χ1n) is 8.79. The van der Waals surface area contributed by atoms with Gasteiger partial charge in [0, 0.05) is 6.54 Å². The van der Waals surface area contributed by atoms with Gasteiger partial charge < -0.3 is 15.4 Å². The zero-order chi connectivity index (χ0) is 19.3. The van der Waals surface area contributed by atoms with Crippen molar-refractivity contribution in [3.05, 3.63) is 29.8 Å². The number of aryl methyl sites for hydroxylation is 1. The molecule has 0 saturated carbocycles. The zero-order valence-electron chi connectivity index (χ0n) is 15.8. The van der Waals surface area contributed by atoms with Gasteiger partial charge in [-0.25, -0.2) is 4.79 Å². The summed E-state index contributed by atoms with van der Waals surface area (Å²) >= 11 is 0. The predicted octanol–water partition coefficient (Wildman–Crippen LogP) is 1.71. The van der Waals surface area contributed by atoms with E-state index < -0.39 is 11.6 Å². The lowest BCUT2D eigenvalue weighted by atomic mass is 9.93. The van der Waals surface area contributed by atoms with Gasteiger partial charge in [0.2, 0.25) is 5.91 Å². The van der Waals surface area contributed by atoms with Crippen LogP contribution in [0.15, 0.2) is 24.3 Å². The molecule has 1 heterocycles. The highest BCUT2D eigenvalue weighted by Gasteiger charge is 2.47. The number of nitrogens with zero attached hydrogens (tertiary/aromatic N) is 1. The number of hydrogen-bond acceptors (Lipinski definition) is 4. The van der Waals surface area contributed by atoms with Crippen LogP contribution in [0.5, 0.6) is 5.75 Å². The summed E-state index contributed by atoms with van der Waals surface area (Å²) in [4.78, 5) is 37.8. The van der Waals surface area contributed by atoms with E-state index in [4.69, 9.17) is 4.74 Å². The van der Waals surface area contributed by atoms with Crippen molar-refractivity contribution in [1.29, 1.82) is 0 Å². The Balaban J connectivity index is 1.95. The molecule has 1 saturated heterocycles. The third kappa shape index (κ3) is 4.74. The summed E-state index contributed by atoms with van der Waals surface area (Å²) in [5.41, 5.74) is 0.0391. The molecule has 0 aliphatic carbocycles. The number of carbonyl (C=O) groups excluding carboxylic acids is 3. The van der Waals surface area contributed by atoms with Crippen LogP contribution in [0.2, 0.25) is 0 Å². The maximum absolute atomic E-state index is 12.7. The molecule has 1 aliphatic heterocycles. The molecule has 7 nitrogen and oxygen atoms in total. The number of amides is 4. The van der Waals surface area contributed by atoms with E-state index in [-0.39, 0.29) is 18.4 Å². The van der Waals surface area contributed by atoms with Gasteiger partial charge in [0.1, 0.15) is 17.8 Å². The second-order valence-electron chi connectivity index (χ2n) is 7.20. The topological polar surface area (TPSA) is 87.7 Å². The van der Waals surface area contributed by atoms with Gasteiger partial charge in [0.25, 0.3) is 5.91 Å². The molecule has 0 aromatic heterocycles. The fourth-order valence-corrected chi connectivity index (χ4v) is 2.76. The van der Waals surface area contributed by atoms with Gasteiger partial charge in [-0.05, 0) is 43.4 Å². The van der Waals surface area contributed by atoms with Crippen molar-refractivity contribution in [2.45, 2.75) is 39.2 Å². The van der Waals surface area contributed by atoms with Gasteiger partial charge in [-0.1, -0.05) is 26.0 Å². The molecule has 1 aromatic carbocycles. The Kier molecular flexibility index (Phi) is 6.23. The SMILES string of the molecule is COc1ccc(CC[C@]2(C)NC(=O)N(CC(=O)NCC(C)C)C2=O)cc1. The second-order valence-corrected chi connectivity index (χ2v) is 7.20. The molecule has 0 bridgehead atoms. The standard InChI is InChI=1S/C19H27N3O4/c1-13(2)11-20-16(23)12-22-17(24)19(3,21-18(22)25)10-9-14-5-7-15(26-4)8-6-14/h5-8,13H,9-12H2,1-4H3,(H,20,23)(H,21,25)/t19-/m0/s1. The van der Waals surface area contributed by atoms with E-state index in [1.807, 2.05) is 38.1 Å². The Hall–Kier alpha value is -2.57. The number of carbonyl (C=O) groups is 3. The molecular formula is C19H27N3O4. The molecule has 0 unspecified atom stereocenters. The number of imide groups is 1. The smallest absolute Gasteiger partial charge is 0.325 e. The van der Waals surface area contributed by atoms with Gasteiger partial charge in [0.15, 0.2) is 0 Å². The highest BCUT2D eigenvalue weighted by atomic mass is 16.5. The van der Waals surface area contributed by atoms with Gasteiger partial charge in [-0.15, -0.1) is 0 Å².